The van der Waals surface area contributed by atoms with Gasteiger partial charge in [0.2, 0.25) is 15.9 Å². The summed E-state index contributed by atoms with van der Waals surface area (Å²) in [6, 6.07) is 7.98. The van der Waals surface area contributed by atoms with E-state index >= 15 is 0 Å². The number of carbonyl (C=O) groups is 1. The first kappa shape index (κ1) is 17.5. The summed E-state index contributed by atoms with van der Waals surface area (Å²) < 4.78 is 37.4. The second-order valence-electron chi connectivity index (χ2n) is 5.82. The van der Waals surface area contributed by atoms with E-state index in [1.54, 1.807) is 23.1 Å². The van der Waals surface area contributed by atoms with Gasteiger partial charge in [0.1, 0.15) is 11.5 Å². The van der Waals surface area contributed by atoms with Crippen molar-refractivity contribution >= 4 is 21.6 Å². The minimum Gasteiger partial charge on any atom is -0.495 e. The van der Waals surface area contributed by atoms with Crippen molar-refractivity contribution in [1.82, 2.24) is 4.31 Å². The van der Waals surface area contributed by atoms with Crippen LogP contribution in [0.4, 0.5) is 5.69 Å². The summed E-state index contributed by atoms with van der Waals surface area (Å²) in [5, 5.41) is 0. The molecule has 2 heterocycles. The lowest BCUT2D eigenvalue weighted by Crippen LogP contribution is -2.28. The standard InChI is InChI=1S/C17H20N2O5S/c1-18(12-13-5-4-10-24-13)25(21,22)14-7-8-16(23-2)15(11-14)19-9-3-6-17(19)20/h4-5,7-8,10-11H,3,6,9,12H2,1-2H3. The van der Waals surface area contributed by atoms with E-state index in [1.807, 2.05) is 0 Å². The van der Waals surface area contributed by atoms with E-state index in [2.05, 4.69) is 0 Å². The van der Waals surface area contributed by atoms with E-state index in [9.17, 15) is 13.2 Å². The van der Waals surface area contributed by atoms with Crippen LogP contribution in [-0.4, -0.2) is 39.3 Å². The maximum atomic E-state index is 12.8. The molecule has 0 unspecified atom stereocenters. The molecule has 0 N–H and O–H groups in total. The first-order valence-corrected chi connectivity index (χ1v) is 9.34. The van der Waals surface area contributed by atoms with Gasteiger partial charge in [0, 0.05) is 20.0 Å². The Morgan fingerprint density at radius 2 is 2.12 bits per heavy atom. The lowest BCUT2D eigenvalue weighted by atomic mass is 10.2. The summed E-state index contributed by atoms with van der Waals surface area (Å²) in [4.78, 5) is 13.7. The zero-order valence-corrected chi connectivity index (χ0v) is 15.0. The molecule has 0 spiro atoms. The number of amides is 1. The van der Waals surface area contributed by atoms with Crippen LogP contribution in [0.15, 0.2) is 45.9 Å². The molecule has 1 aliphatic heterocycles. The predicted molar refractivity (Wildman–Crippen MR) is 91.9 cm³/mol. The molecule has 7 nitrogen and oxygen atoms in total. The molecule has 1 aliphatic rings. The molecule has 3 rings (SSSR count). The Labute approximate surface area is 146 Å². The van der Waals surface area contributed by atoms with Crippen LogP contribution < -0.4 is 9.64 Å². The van der Waals surface area contributed by atoms with Gasteiger partial charge in [-0.2, -0.15) is 4.31 Å². The van der Waals surface area contributed by atoms with E-state index in [0.29, 0.717) is 30.2 Å². The van der Waals surface area contributed by atoms with Gasteiger partial charge < -0.3 is 14.1 Å². The molecule has 0 bridgehead atoms. The number of furan rings is 1. The fraction of sp³-hybridized carbons (Fsp3) is 0.353. The number of nitrogens with zero attached hydrogens (tertiary/aromatic N) is 2. The third-order valence-corrected chi connectivity index (χ3v) is 5.98. The van der Waals surface area contributed by atoms with Crippen molar-refractivity contribution in [2.24, 2.45) is 0 Å². The van der Waals surface area contributed by atoms with Gasteiger partial charge in [0.15, 0.2) is 0 Å². The first-order chi connectivity index (χ1) is 11.9. The molecular formula is C17H20N2O5S. The van der Waals surface area contributed by atoms with Gasteiger partial charge in [-0.15, -0.1) is 0 Å². The van der Waals surface area contributed by atoms with Gasteiger partial charge in [-0.3, -0.25) is 4.79 Å². The molecule has 0 aliphatic carbocycles. The molecule has 8 heteroatoms. The average Bonchev–Trinajstić information content (AvgIpc) is 3.25. The van der Waals surface area contributed by atoms with Crippen molar-refractivity contribution in [3.05, 3.63) is 42.4 Å². The highest BCUT2D eigenvalue weighted by atomic mass is 32.2. The van der Waals surface area contributed by atoms with Gasteiger partial charge in [0.05, 0.1) is 30.5 Å². The Hall–Kier alpha value is -2.32. The second kappa shape index (κ2) is 6.89. The van der Waals surface area contributed by atoms with E-state index in [-0.39, 0.29) is 17.3 Å². The lowest BCUT2D eigenvalue weighted by Gasteiger charge is -2.21. The number of sulfonamides is 1. The molecule has 25 heavy (non-hydrogen) atoms. The predicted octanol–water partition coefficient (Wildman–Crippen LogP) is 2.24. The van der Waals surface area contributed by atoms with Crippen LogP contribution >= 0.6 is 0 Å². The van der Waals surface area contributed by atoms with Gasteiger partial charge in [-0.1, -0.05) is 0 Å². The number of ether oxygens (including phenoxy) is 1. The van der Waals surface area contributed by atoms with Crippen molar-refractivity contribution in [2.45, 2.75) is 24.3 Å². The van der Waals surface area contributed by atoms with Gasteiger partial charge in [0.25, 0.3) is 0 Å². The van der Waals surface area contributed by atoms with E-state index < -0.39 is 10.0 Å². The van der Waals surface area contributed by atoms with E-state index in [0.717, 1.165) is 6.42 Å². The minimum atomic E-state index is -3.73. The highest BCUT2D eigenvalue weighted by molar-refractivity contribution is 7.89. The Morgan fingerprint density at radius 3 is 2.72 bits per heavy atom. The van der Waals surface area contributed by atoms with Gasteiger partial charge >= 0.3 is 0 Å². The quantitative estimate of drug-likeness (QED) is 0.785. The smallest absolute Gasteiger partial charge is 0.243 e. The molecule has 134 valence electrons. The summed E-state index contributed by atoms with van der Waals surface area (Å²) in [5.41, 5.74) is 0.484. The number of hydrogen-bond acceptors (Lipinski definition) is 5. The molecule has 0 radical (unpaired) electrons. The molecular weight excluding hydrogens is 344 g/mol. The summed E-state index contributed by atoms with van der Waals surface area (Å²) in [5.74, 6) is 0.995. The van der Waals surface area contributed by atoms with E-state index in [1.165, 1.54) is 36.9 Å². The van der Waals surface area contributed by atoms with Crippen LogP contribution in [0, 0.1) is 0 Å². The van der Waals surface area contributed by atoms with Crippen molar-refractivity contribution in [3.63, 3.8) is 0 Å². The summed E-state index contributed by atoms with van der Waals surface area (Å²) >= 11 is 0. The normalized spacial score (nSPS) is 15.2. The maximum Gasteiger partial charge on any atom is 0.243 e. The number of rotatable bonds is 6. The number of carbonyl (C=O) groups excluding carboxylic acids is 1. The number of benzene rings is 1. The third-order valence-electron chi connectivity index (χ3n) is 4.18. The minimum absolute atomic E-state index is 0.0308. The Kier molecular flexibility index (Phi) is 4.82. The monoisotopic (exact) mass is 364 g/mol. The molecule has 0 atom stereocenters. The first-order valence-electron chi connectivity index (χ1n) is 7.90. The zero-order chi connectivity index (χ0) is 18.0. The highest BCUT2D eigenvalue weighted by Gasteiger charge is 2.28. The molecule has 1 saturated heterocycles. The molecule has 1 aromatic carbocycles. The lowest BCUT2D eigenvalue weighted by molar-refractivity contribution is -0.117. The Morgan fingerprint density at radius 1 is 1.32 bits per heavy atom. The van der Waals surface area contributed by atoms with Crippen molar-refractivity contribution in [1.29, 1.82) is 0 Å². The van der Waals surface area contributed by atoms with E-state index in [4.69, 9.17) is 9.15 Å². The number of methoxy groups -OCH3 is 1. The van der Waals surface area contributed by atoms with Crippen LogP contribution in [0.1, 0.15) is 18.6 Å². The molecule has 2 aromatic rings. The summed E-state index contributed by atoms with van der Waals surface area (Å²) in [6.45, 7) is 0.681. The van der Waals surface area contributed by atoms with Crippen molar-refractivity contribution in [2.75, 3.05) is 25.6 Å². The third kappa shape index (κ3) is 3.40. The van der Waals surface area contributed by atoms with Crippen LogP contribution in [0.5, 0.6) is 5.75 Å². The Balaban J connectivity index is 1.94. The van der Waals surface area contributed by atoms with Gasteiger partial charge in [-0.05, 0) is 36.8 Å². The molecule has 0 saturated carbocycles. The van der Waals surface area contributed by atoms with Crippen molar-refractivity contribution < 1.29 is 22.4 Å². The summed E-state index contributed by atoms with van der Waals surface area (Å²) in [7, 11) is -0.744. The second-order valence-corrected chi connectivity index (χ2v) is 7.87. The zero-order valence-electron chi connectivity index (χ0n) is 14.1. The van der Waals surface area contributed by atoms with Crippen LogP contribution in [0.2, 0.25) is 0 Å². The number of hydrogen-bond donors (Lipinski definition) is 0. The molecule has 1 aromatic heterocycles. The van der Waals surface area contributed by atoms with Crippen LogP contribution in [-0.2, 0) is 21.4 Å². The van der Waals surface area contributed by atoms with Crippen molar-refractivity contribution in [3.8, 4) is 5.75 Å². The van der Waals surface area contributed by atoms with Crippen LogP contribution in [0.25, 0.3) is 0 Å². The topological polar surface area (TPSA) is 80.1 Å². The summed E-state index contributed by atoms with van der Waals surface area (Å²) in [6.07, 6.45) is 2.70. The fourth-order valence-electron chi connectivity index (χ4n) is 2.83. The molecule has 1 fully saturated rings. The highest BCUT2D eigenvalue weighted by Crippen LogP contribution is 2.34. The molecule has 1 amide bonds. The van der Waals surface area contributed by atoms with Gasteiger partial charge in [-0.25, -0.2) is 8.42 Å². The maximum absolute atomic E-state index is 12.8. The Bertz CT molecular complexity index is 861. The average molecular weight is 364 g/mol. The largest absolute Gasteiger partial charge is 0.495 e. The number of anilines is 1. The SMILES string of the molecule is COc1ccc(S(=O)(=O)N(C)Cc2ccco2)cc1N1CCCC1=O. The van der Waals surface area contributed by atoms with Crippen LogP contribution in [0.3, 0.4) is 0 Å². The fourth-order valence-corrected chi connectivity index (χ4v) is 3.99.